The monoisotopic (exact) mass is 472 g/mol. The third-order valence-electron chi connectivity index (χ3n) is 6.23. The predicted octanol–water partition coefficient (Wildman–Crippen LogP) is 9.03. The molecule has 0 bridgehead atoms. The summed E-state index contributed by atoms with van der Waals surface area (Å²) in [5.74, 6) is -0.374. The van der Waals surface area contributed by atoms with Crippen LogP contribution in [0.25, 0.3) is 0 Å². The molecule has 1 aromatic rings. The SMILES string of the molecule is O=C(O)CCCCCCCCCCCCCCCCCCCCC=CC(=O)Oc1ccccc1. The first-order valence-corrected chi connectivity index (χ1v) is 13.8. The van der Waals surface area contributed by atoms with Gasteiger partial charge in [0.15, 0.2) is 0 Å². The molecule has 4 heteroatoms. The highest BCUT2D eigenvalue weighted by Gasteiger charge is 1.99. The van der Waals surface area contributed by atoms with Crippen molar-refractivity contribution in [3.8, 4) is 5.75 Å². The van der Waals surface area contributed by atoms with Gasteiger partial charge in [-0.25, -0.2) is 4.79 Å². The Bertz CT molecular complexity index is 638. The van der Waals surface area contributed by atoms with Crippen LogP contribution in [0.3, 0.4) is 0 Å². The molecule has 0 unspecified atom stereocenters. The van der Waals surface area contributed by atoms with Gasteiger partial charge in [-0.2, -0.15) is 0 Å². The van der Waals surface area contributed by atoms with E-state index in [1.54, 1.807) is 18.2 Å². The standard InChI is InChI=1S/C30H48O4/c31-29(32)26-22-17-15-13-11-9-7-5-3-1-2-4-6-8-10-12-14-16-18-23-27-30(33)34-28-24-20-19-21-25-28/h19-21,23-25,27H,1-18,22,26H2,(H,31,32). The molecule has 0 saturated heterocycles. The molecular formula is C30H48O4. The lowest BCUT2D eigenvalue weighted by Gasteiger charge is -2.04. The summed E-state index contributed by atoms with van der Waals surface area (Å²) in [6, 6.07) is 9.18. The smallest absolute Gasteiger partial charge is 0.335 e. The van der Waals surface area contributed by atoms with Crippen molar-refractivity contribution in [2.75, 3.05) is 0 Å². The number of benzene rings is 1. The van der Waals surface area contributed by atoms with Gasteiger partial charge in [0.2, 0.25) is 0 Å². The number of carbonyl (C=O) groups is 2. The van der Waals surface area contributed by atoms with Gasteiger partial charge in [-0.05, 0) is 31.4 Å². The van der Waals surface area contributed by atoms with E-state index in [1.807, 2.05) is 24.3 Å². The number of aliphatic carboxylic acids is 1. The molecule has 0 radical (unpaired) electrons. The molecular weight excluding hydrogens is 424 g/mol. The zero-order chi connectivity index (χ0) is 24.5. The van der Waals surface area contributed by atoms with Crippen molar-refractivity contribution in [1.29, 1.82) is 0 Å². The van der Waals surface area contributed by atoms with Crippen LogP contribution in [0.4, 0.5) is 0 Å². The third-order valence-corrected chi connectivity index (χ3v) is 6.23. The van der Waals surface area contributed by atoms with Gasteiger partial charge in [0, 0.05) is 12.5 Å². The lowest BCUT2D eigenvalue weighted by molar-refractivity contribution is -0.137. The van der Waals surface area contributed by atoms with Gasteiger partial charge in [-0.15, -0.1) is 0 Å². The van der Waals surface area contributed by atoms with Crippen LogP contribution in [0, 0.1) is 0 Å². The van der Waals surface area contributed by atoms with E-state index >= 15 is 0 Å². The molecule has 192 valence electrons. The Kier molecular flexibility index (Phi) is 20.0. The molecule has 1 aromatic carbocycles. The van der Waals surface area contributed by atoms with Crippen molar-refractivity contribution in [2.24, 2.45) is 0 Å². The maximum atomic E-state index is 11.7. The summed E-state index contributed by atoms with van der Waals surface area (Å²) in [5.41, 5.74) is 0. The summed E-state index contributed by atoms with van der Waals surface area (Å²) in [7, 11) is 0. The molecule has 1 N–H and O–H groups in total. The number of ether oxygens (including phenoxy) is 1. The van der Waals surface area contributed by atoms with Gasteiger partial charge in [0.1, 0.15) is 5.75 Å². The zero-order valence-electron chi connectivity index (χ0n) is 21.4. The Balaban J connectivity index is 1.73. The molecule has 0 aliphatic heterocycles. The number of carbonyl (C=O) groups excluding carboxylic acids is 1. The summed E-state index contributed by atoms with van der Waals surface area (Å²) in [5, 5.41) is 8.60. The van der Waals surface area contributed by atoms with Crippen molar-refractivity contribution in [1.82, 2.24) is 0 Å². The van der Waals surface area contributed by atoms with Crippen LogP contribution in [0.1, 0.15) is 128 Å². The topological polar surface area (TPSA) is 63.6 Å². The van der Waals surface area contributed by atoms with Gasteiger partial charge in [0.05, 0.1) is 0 Å². The Morgan fingerprint density at radius 2 is 1.03 bits per heavy atom. The average molecular weight is 473 g/mol. The Morgan fingerprint density at radius 3 is 1.47 bits per heavy atom. The molecule has 0 heterocycles. The van der Waals surface area contributed by atoms with E-state index in [1.165, 1.54) is 96.3 Å². The Morgan fingerprint density at radius 1 is 0.618 bits per heavy atom. The molecule has 0 aliphatic carbocycles. The second-order valence-electron chi connectivity index (χ2n) is 9.43. The van der Waals surface area contributed by atoms with E-state index in [9.17, 15) is 9.59 Å². The minimum absolute atomic E-state index is 0.298. The van der Waals surface area contributed by atoms with Crippen molar-refractivity contribution in [3.05, 3.63) is 42.5 Å². The van der Waals surface area contributed by atoms with E-state index < -0.39 is 5.97 Å². The molecule has 0 atom stereocenters. The van der Waals surface area contributed by atoms with Crippen LogP contribution in [0.2, 0.25) is 0 Å². The quantitative estimate of drug-likeness (QED) is 0.0746. The molecule has 0 amide bonds. The van der Waals surface area contributed by atoms with Gasteiger partial charge in [-0.1, -0.05) is 127 Å². The van der Waals surface area contributed by atoms with Crippen molar-refractivity contribution >= 4 is 11.9 Å². The van der Waals surface area contributed by atoms with E-state index in [4.69, 9.17) is 9.84 Å². The molecule has 0 aromatic heterocycles. The minimum atomic E-state index is -0.665. The number of allylic oxidation sites excluding steroid dienone is 1. The van der Waals surface area contributed by atoms with Crippen LogP contribution in [0.5, 0.6) is 5.75 Å². The molecule has 4 nitrogen and oxygen atoms in total. The predicted molar refractivity (Wildman–Crippen MR) is 141 cm³/mol. The van der Waals surface area contributed by atoms with Gasteiger partial charge >= 0.3 is 11.9 Å². The highest BCUT2D eigenvalue weighted by molar-refractivity contribution is 5.83. The first-order valence-electron chi connectivity index (χ1n) is 13.8. The average Bonchev–Trinajstić information content (AvgIpc) is 2.82. The largest absolute Gasteiger partial charge is 0.481 e. The number of unbranched alkanes of at least 4 members (excludes halogenated alkanes) is 18. The van der Waals surface area contributed by atoms with E-state index in [2.05, 4.69) is 0 Å². The molecule has 0 fully saturated rings. The number of rotatable bonds is 23. The fraction of sp³-hybridized carbons (Fsp3) is 0.667. The highest BCUT2D eigenvalue weighted by Crippen LogP contribution is 2.15. The summed E-state index contributed by atoms with van der Waals surface area (Å²) >= 11 is 0. The molecule has 0 spiro atoms. The fourth-order valence-electron chi connectivity index (χ4n) is 4.19. The maximum Gasteiger partial charge on any atom is 0.335 e. The van der Waals surface area contributed by atoms with Crippen molar-refractivity contribution in [2.45, 2.75) is 128 Å². The van der Waals surface area contributed by atoms with Crippen LogP contribution in [-0.2, 0) is 9.59 Å². The van der Waals surface area contributed by atoms with E-state index in [-0.39, 0.29) is 5.97 Å². The molecule has 0 saturated carbocycles. The molecule has 34 heavy (non-hydrogen) atoms. The second kappa shape index (κ2) is 22.7. The zero-order valence-corrected chi connectivity index (χ0v) is 21.4. The number of carboxylic acids is 1. The van der Waals surface area contributed by atoms with Crippen molar-refractivity contribution in [3.63, 3.8) is 0 Å². The minimum Gasteiger partial charge on any atom is -0.481 e. The Hall–Kier alpha value is -2.10. The van der Waals surface area contributed by atoms with Crippen LogP contribution in [0.15, 0.2) is 42.5 Å². The van der Waals surface area contributed by atoms with E-state index in [0.29, 0.717) is 12.2 Å². The third kappa shape index (κ3) is 20.5. The number of hydrogen-bond acceptors (Lipinski definition) is 3. The normalized spacial score (nSPS) is 11.2. The number of carboxylic acid groups (broad SMARTS) is 1. The van der Waals surface area contributed by atoms with Crippen molar-refractivity contribution < 1.29 is 19.4 Å². The summed E-state index contributed by atoms with van der Waals surface area (Å²) in [4.78, 5) is 22.1. The highest BCUT2D eigenvalue weighted by atomic mass is 16.5. The first kappa shape index (κ1) is 29.9. The van der Waals surface area contributed by atoms with Gasteiger partial charge in [0.25, 0.3) is 0 Å². The first-order chi connectivity index (χ1) is 16.7. The summed E-state index contributed by atoms with van der Waals surface area (Å²) in [6.45, 7) is 0. The van der Waals surface area contributed by atoms with Crippen LogP contribution >= 0.6 is 0 Å². The molecule has 1 rings (SSSR count). The summed E-state index contributed by atoms with van der Waals surface area (Å²) < 4.78 is 5.22. The lowest BCUT2D eigenvalue weighted by atomic mass is 10.0. The number of hydrogen-bond donors (Lipinski definition) is 1. The lowest BCUT2D eigenvalue weighted by Crippen LogP contribution is -2.03. The van der Waals surface area contributed by atoms with Gasteiger partial charge in [-0.3, -0.25) is 4.79 Å². The number of para-hydroxylation sites is 1. The molecule has 0 aliphatic rings. The van der Waals surface area contributed by atoms with Crippen LogP contribution in [-0.4, -0.2) is 17.0 Å². The second-order valence-corrected chi connectivity index (χ2v) is 9.43. The summed E-state index contributed by atoms with van der Waals surface area (Å²) in [6.07, 6.45) is 27.7. The van der Waals surface area contributed by atoms with Crippen LogP contribution < -0.4 is 4.74 Å². The fourth-order valence-corrected chi connectivity index (χ4v) is 4.19. The van der Waals surface area contributed by atoms with E-state index in [0.717, 1.165) is 25.7 Å². The Labute approximate surface area is 208 Å². The maximum absolute atomic E-state index is 11.7. The number of esters is 1. The van der Waals surface area contributed by atoms with Gasteiger partial charge < -0.3 is 9.84 Å².